The van der Waals surface area contributed by atoms with Gasteiger partial charge >= 0.3 is 0 Å². The third kappa shape index (κ3) is 4.81. The summed E-state index contributed by atoms with van der Waals surface area (Å²) >= 11 is 0. The van der Waals surface area contributed by atoms with E-state index in [9.17, 15) is 5.11 Å². The fourth-order valence-corrected chi connectivity index (χ4v) is 2.17. The van der Waals surface area contributed by atoms with Crippen molar-refractivity contribution >= 4 is 0 Å². The molecule has 1 aliphatic heterocycles. The van der Waals surface area contributed by atoms with Crippen molar-refractivity contribution in [1.29, 1.82) is 0 Å². The Bertz CT molecular complexity index is 179. The summed E-state index contributed by atoms with van der Waals surface area (Å²) in [4.78, 5) is 0. The van der Waals surface area contributed by atoms with Gasteiger partial charge in [0, 0.05) is 19.3 Å². The molecular weight excluding hydrogens is 202 g/mol. The summed E-state index contributed by atoms with van der Waals surface area (Å²) in [7, 11) is 0. The van der Waals surface area contributed by atoms with E-state index in [-0.39, 0.29) is 6.10 Å². The van der Waals surface area contributed by atoms with Gasteiger partial charge in [0.25, 0.3) is 0 Å². The second-order valence-corrected chi connectivity index (χ2v) is 5.29. The lowest BCUT2D eigenvalue weighted by atomic mass is 9.93. The molecule has 3 heteroatoms. The lowest BCUT2D eigenvalue weighted by molar-refractivity contribution is 0.0546. The van der Waals surface area contributed by atoms with Crippen LogP contribution in [0.5, 0.6) is 0 Å². The quantitative estimate of drug-likeness (QED) is 0.730. The van der Waals surface area contributed by atoms with Crippen molar-refractivity contribution in [3.63, 3.8) is 0 Å². The predicted octanol–water partition coefficient (Wildman–Crippen LogP) is 1.80. The number of hydrogen-bond donors (Lipinski definition) is 2. The van der Waals surface area contributed by atoms with Gasteiger partial charge in [-0.1, -0.05) is 13.8 Å². The number of ether oxygens (including phenoxy) is 1. The Kier molecular flexibility index (Phi) is 6.32. The van der Waals surface area contributed by atoms with Gasteiger partial charge in [-0.25, -0.2) is 0 Å². The topological polar surface area (TPSA) is 41.5 Å². The highest BCUT2D eigenvalue weighted by Gasteiger charge is 2.20. The molecule has 1 aliphatic rings. The van der Waals surface area contributed by atoms with Crippen molar-refractivity contribution in [2.24, 2.45) is 11.8 Å². The summed E-state index contributed by atoms with van der Waals surface area (Å²) < 4.78 is 5.36. The monoisotopic (exact) mass is 229 g/mol. The number of aliphatic hydroxyl groups is 1. The fourth-order valence-electron chi connectivity index (χ4n) is 2.17. The second-order valence-electron chi connectivity index (χ2n) is 5.29. The summed E-state index contributed by atoms with van der Waals surface area (Å²) in [5, 5.41) is 13.2. The van der Waals surface area contributed by atoms with E-state index in [1.807, 2.05) is 0 Å². The molecule has 0 saturated carbocycles. The van der Waals surface area contributed by atoms with Crippen LogP contribution in [0.4, 0.5) is 0 Å². The van der Waals surface area contributed by atoms with E-state index in [2.05, 4.69) is 26.1 Å². The van der Waals surface area contributed by atoms with Gasteiger partial charge < -0.3 is 15.2 Å². The van der Waals surface area contributed by atoms with Crippen LogP contribution in [0, 0.1) is 11.8 Å². The Morgan fingerprint density at radius 2 is 1.88 bits per heavy atom. The van der Waals surface area contributed by atoms with Gasteiger partial charge in [-0.15, -0.1) is 0 Å². The van der Waals surface area contributed by atoms with E-state index in [0.29, 0.717) is 12.0 Å². The third-order valence-electron chi connectivity index (χ3n) is 3.65. The maximum Gasteiger partial charge on any atom is 0.0575 e. The minimum atomic E-state index is -0.172. The molecule has 0 spiro atoms. The minimum absolute atomic E-state index is 0.172. The average Bonchev–Trinajstić information content (AvgIpc) is 2.29. The molecule has 2 atom stereocenters. The van der Waals surface area contributed by atoms with Crippen LogP contribution in [-0.4, -0.2) is 37.0 Å². The van der Waals surface area contributed by atoms with Crippen molar-refractivity contribution in [2.75, 3.05) is 19.8 Å². The van der Waals surface area contributed by atoms with Crippen molar-refractivity contribution in [3.8, 4) is 0 Å². The van der Waals surface area contributed by atoms with Gasteiger partial charge in [-0.2, -0.15) is 0 Å². The highest BCUT2D eigenvalue weighted by Crippen LogP contribution is 2.18. The van der Waals surface area contributed by atoms with Crippen LogP contribution in [0.25, 0.3) is 0 Å². The number of nitrogens with one attached hydrogen (secondary N) is 1. The highest BCUT2D eigenvalue weighted by molar-refractivity contribution is 4.75. The maximum atomic E-state index is 9.69. The normalized spacial score (nSPS) is 22.3. The first kappa shape index (κ1) is 13.9. The predicted molar refractivity (Wildman–Crippen MR) is 66.5 cm³/mol. The zero-order chi connectivity index (χ0) is 12.0. The lowest BCUT2D eigenvalue weighted by Gasteiger charge is -2.29. The van der Waals surface area contributed by atoms with Crippen molar-refractivity contribution in [3.05, 3.63) is 0 Å². The lowest BCUT2D eigenvalue weighted by Crippen LogP contribution is -2.38. The van der Waals surface area contributed by atoms with Crippen LogP contribution in [0.1, 0.15) is 40.0 Å². The molecule has 1 fully saturated rings. The summed E-state index contributed by atoms with van der Waals surface area (Å²) in [5.41, 5.74) is 0. The van der Waals surface area contributed by atoms with E-state index in [4.69, 9.17) is 4.74 Å². The number of hydrogen-bond acceptors (Lipinski definition) is 3. The molecule has 0 aromatic heterocycles. The van der Waals surface area contributed by atoms with E-state index in [0.717, 1.165) is 32.1 Å². The summed E-state index contributed by atoms with van der Waals surface area (Å²) in [5.74, 6) is 1.10. The average molecular weight is 229 g/mol. The van der Waals surface area contributed by atoms with Crippen LogP contribution < -0.4 is 5.32 Å². The van der Waals surface area contributed by atoms with Crippen LogP contribution in [-0.2, 0) is 4.74 Å². The smallest absolute Gasteiger partial charge is 0.0575 e. The molecular formula is C13H27NO2. The Hall–Kier alpha value is -0.120. The molecule has 1 heterocycles. The zero-order valence-corrected chi connectivity index (χ0v) is 10.9. The molecule has 0 aliphatic carbocycles. The molecule has 16 heavy (non-hydrogen) atoms. The number of aliphatic hydroxyl groups excluding tert-OH is 1. The van der Waals surface area contributed by atoms with Crippen LogP contribution in [0.15, 0.2) is 0 Å². The molecule has 1 saturated heterocycles. The number of rotatable bonds is 6. The Morgan fingerprint density at radius 3 is 2.44 bits per heavy atom. The summed E-state index contributed by atoms with van der Waals surface area (Å²) in [6, 6.07) is 0.545. The molecule has 0 amide bonds. The summed E-state index contributed by atoms with van der Waals surface area (Å²) in [6.45, 7) is 9.10. The largest absolute Gasteiger partial charge is 0.393 e. The van der Waals surface area contributed by atoms with Crippen LogP contribution in [0.3, 0.4) is 0 Å². The maximum absolute atomic E-state index is 9.69. The van der Waals surface area contributed by atoms with E-state index < -0.39 is 0 Å². The first-order valence-electron chi connectivity index (χ1n) is 6.60. The van der Waals surface area contributed by atoms with Crippen molar-refractivity contribution < 1.29 is 9.84 Å². The first-order valence-corrected chi connectivity index (χ1v) is 6.60. The fraction of sp³-hybridized carbons (Fsp3) is 1.00. The van der Waals surface area contributed by atoms with Crippen LogP contribution >= 0.6 is 0 Å². The van der Waals surface area contributed by atoms with E-state index >= 15 is 0 Å². The molecule has 3 nitrogen and oxygen atoms in total. The molecule has 96 valence electrons. The van der Waals surface area contributed by atoms with Gasteiger partial charge in [0.05, 0.1) is 6.10 Å². The molecule has 0 bridgehead atoms. The van der Waals surface area contributed by atoms with Gasteiger partial charge in [-0.05, 0) is 44.6 Å². The zero-order valence-electron chi connectivity index (χ0n) is 10.9. The van der Waals surface area contributed by atoms with Gasteiger partial charge in [0.2, 0.25) is 0 Å². The Labute approximate surface area is 99.6 Å². The van der Waals surface area contributed by atoms with Gasteiger partial charge in [0.1, 0.15) is 0 Å². The summed E-state index contributed by atoms with van der Waals surface area (Å²) in [6.07, 6.45) is 3.02. The Balaban J connectivity index is 2.11. The Morgan fingerprint density at radius 1 is 1.25 bits per heavy atom. The van der Waals surface area contributed by atoms with Gasteiger partial charge in [-0.3, -0.25) is 0 Å². The first-order chi connectivity index (χ1) is 7.61. The molecule has 1 rings (SSSR count). The van der Waals surface area contributed by atoms with Crippen molar-refractivity contribution in [2.45, 2.75) is 52.2 Å². The van der Waals surface area contributed by atoms with Gasteiger partial charge in [0.15, 0.2) is 0 Å². The van der Waals surface area contributed by atoms with Crippen molar-refractivity contribution in [1.82, 2.24) is 5.32 Å². The third-order valence-corrected chi connectivity index (χ3v) is 3.65. The molecule has 0 aromatic carbocycles. The van der Waals surface area contributed by atoms with Crippen LogP contribution in [0.2, 0.25) is 0 Å². The molecule has 2 unspecified atom stereocenters. The van der Waals surface area contributed by atoms with E-state index in [1.54, 1.807) is 0 Å². The minimum Gasteiger partial charge on any atom is -0.393 e. The standard InChI is InChI=1S/C13H27NO2/c1-10(2)13(15)4-7-14-11(3)12-5-8-16-9-6-12/h10-15H,4-9H2,1-3H3. The molecule has 2 N–H and O–H groups in total. The molecule has 0 aromatic rings. The highest BCUT2D eigenvalue weighted by atomic mass is 16.5. The molecule has 0 radical (unpaired) electrons. The SMILES string of the molecule is CC(C)C(O)CCNC(C)C1CCOCC1. The second kappa shape index (κ2) is 7.25. The van der Waals surface area contributed by atoms with E-state index in [1.165, 1.54) is 12.8 Å².